The average molecular weight is 418 g/mol. The zero-order valence-corrected chi connectivity index (χ0v) is 18.4. The molecule has 8 heteroatoms. The molecule has 0 spiro atoms. The molecule has 1 saturated heterocycles. The van der Waals surface area contributed by atoms with Crippen molar-refractivity contribution in [3.05, 3.63) is 23.8 Å². The van der Waals surface area contributed by atoms with E-state index in [1.54, 1.807) is 17.9 Å². The van der Waals surface area contributed by atoms with Gasteiger partial charge in [0.2, 0.25) is 12.7 Å². The molecule has 1 N–H and O–H groups in total. The second-order valence-corrected chi connectivity index (χ2v) is 9.10. The topological polar surface area (TPSA) is 88.2 Å². The molecule has 0 radical (unpaired) electrons. The number of carbonyl (C=O) groups is 3. The molecule has 4 amide bonds. The number of urea groups is 1. The van der Waals surface area contributed by atoms with E-state index in [2.05, 4.69) is 5.32 Å². The fourth-order valence-electron chi connectivity index (χ4n) is 3.86. The van der Waals surface area contributed by atoms with Gasteiger partial charge in [0, 0.05) is 19.5 Å². The van der Waals surface area contributed by atoms with Gasteiger partial charge in [0.1, 0.15) is 12.1 Å². The van der Waals surface area contributed by atoms with Crippen LogP contribution < -0.4 is 14.8 Å². The number of rotatable bonds is 8. The van der Waals surface area contributed by atoms with Crippen LogP contribution in [0.3, 0.4) is 0 Å². The highest BCUT2D eigenvalue weighted by Crippen LogP contribution is 2.34. The van der Waals surface area contributed by atoms with E-state index >= 15 is 0 Å². The van der Waals surface area contributed by atoms with E-state index in [-0.39, 0.29) is 19.2 Å². The van der Waals surface area contributed by atoms with E-state index < -0.39 is 17.5 Å². The van der Waals surface area contributed by atoms with Gasteiger partial charge in [-0.2, -0.15) is 0 Å². The van der Waals surface area contributed by atoms with Gasteiger partial charge in [0.05, 0.1) is 0 Å². The Kier molecular flexibility index (Phi) is 6.24. The summed E-state index contributed by atoms with van der Waals surface area (Å²) in [4.78, 5) is 41.3. The maximum absolute atomic E-state index is 13.1. The maximum Gasteiger partial charge on any atom is 0.325 e. The summed E-state index contributed by atoms with van der Waals surface area (Å²) in [5.74, 6) is 1.27. The Hall–Kier alpha value is -2.77. The first-order valence-electron chi connectivity index (χ1n) is 10.4. The van der Waals surface area contributed by atoms with Gasteiger partial charge < -0.3 is 19.7 Å². The molecule has 2 heterocycles. The van der Waals surface area contributed by atoms with E-state index in [9.17, 15) is 14.4 Å². The summed E-state index contributed by atoms with van der Waals surface area (Å²) < 4.78 is 10.7. The first-order chi connectivity index (χ1) is 14.1. The minimum Gasteiger partial charge on any atom is -0.454 e. The minimum absolute atomic E-state index is 0.171. The van der Waals surface area contributed by atoms with Crippen LogP contribution in [0.1, 0.15) is 40.2 Å². The van der Waals surface area contributed by atoms with Gasteiger partial charge in [0.25, 0.3) is 5.91 Å². The zero-order chi connectivity index (χ0) is 22.1. The van der Waals surface area contributed by atoms with Crippen molar-refractivity contribution in [2.45, 2.75) is 46.6 Å². The number of nitrogens with one attached hydrogen (secondary N) is 1. The Morgan fingerprint density at radius 2 is 1.77 bits per heavy atom. The van der Waals surface area contributed by atoms with E-state index in [4.69, 9.17) is 9.47 Å². The summed E-state index contributed by atoms with van der Waals surface area (Å²) in [6, 6.07) is 4.91. The van der Waals surface area contributed by atoms with Crippen molar-refractivity contribution in [2.75, 3.05) is 26.4 Å². The number of nitrogens with zero attached hydrogens (tertiary/aromatic N) is 2. The van der Waals surface area contributed by atoms with Crippen LogP contribution in [0.15, 0.2) is 18.2 Å². The fraction of sp³-hybridized carbons (Fsp3) is 0.591. The minimum atomic E-state index is -1.12. The molecule has 0 unspecified atom stereocenters. The van der Waals surface area contributed by atoms with Gasteiger partial charge in [-0.05, 0) is 36.5 Å². The van der Waals surface area contributed by atoms with Crippen LogP contribution in [-0.4, -0.2) is 59.6 Å². The average Bonchev–Trinajstić information content (AvgIpc) is 3.18. The lowest BCUT2D eigenvalue weighted by Crippen LogP contribution is -2.48. The Morgan fingerprint density at radius 1 is 1.13 bits per heavy atom. The molecule has 1 aromatic carbocycles. The molecule has 1 atom stereocenters. The standard InChI is InChI=1S/C22H31N3O5/c1-14(2)10-24(11-15(3)4)19(26)12-25-20(27)22(5,23-21(25)28)9-16-6-7-17-18(8-16)30-13-29-17/h6-8,14-15H,9-13H2,1-5H3,(H,23,28)/t22-/m1/s1. The molecule has 1 fully saturated rings. The number of hydrogen-bond donors (Lipinski definition) is 1. The molecule has 2 aliphatic rings. The summed E-state index contributed by atoms with van der Waals surface area (Å²) in [6.45, 7) is 10.9. The molecule has 3 rings (SSSR count). The summed E-state index contributed by atoms with van der Waals surface area (Å²) >= 11 is 0. The highest BCUT2D eigenvalue weighted by molar-refractivity contribution is 6.09. The number of amides is 4. The number of hydrogen-bond acceptors (Lipinski definition) is 5. The SMILES string of the molecule is CC(C)CN(CC(C)C)C(=O)CN1C(=O)N[C@](C)(Cc2ccc3c(c2)OCO3)C1=O. The predicted molar refractivity (Wildman–Crippen MR) is 111 cm³/mol. The van der Waals surface area contributed by atoms with E-state index in [1.807, 2.05) is 39.8 Å². The monoisotopic (exact) mass is 417 g/mol. The molecule has 1 aromatic rings. The summed E-state index contributed by atoms with van der Waals surface area (Å²) in [6.07, 6.45) is 0.292. The first-order valence-corrected chi connectivity index (χ1v) is 10.4. The van der Waals surface area contributed by atoms with Crippen molar-refractivity contribution in [3.63, 3.8) is 0 Å². The lowest BCUT2D eigenvalue weighted by atomic mass is 9.92. The Morgan fingerprint density at radius 3 is 2.40 bits per heavy atom. The molecule has 0 aliphatic carbocycles. The van der Waals surface area contributed by atoms with E-state index in [1.165, 1.54) is 0 Å². The molecule has 0 aromatic heterocycles. The van der Waals surface area contributed by atoms with Gasteiger partial charge >= 0.3 is 6.03 Å². The fourth-order valence-corrected chi connectivity index (χ4v) is 3.86. The molecular weight excluding hydrogens is 386 g/mol. The maximum atomic E-state index is 13.1. The second-order valence-electron chi connectivity index (χ2n) is 9.10. The van der Waals surface area contributed by atoms with Gasteiger partial charge in [-0.15, -0.1) is 0 Å². The molecule has 0 saturated carbocycles. The van der Waals surface area contributed by atoms with Gasteiger partial charge in [-0.25, -0.2) is 4.79 Å². The lowest BCUT2D eigenvalue weighted by Gasteiger charge is -2.28. The number of fused-ring (bicyclic) bond motifs is 1. The lowest BCUT2D eigenvalue weighted by molar-refractivity contribution is -0.139. The van der Waals surface area contributed by atoms with Crippen LogP contribution in [0, 0.1) is 11.8 Å². The quantitative estimate of drug-likeness (QED) is 0.657. The summed E-state index contributed by atoms with van der Waals surface area (Å²) in [5, 5.41) is 2.77. The Bertz CT molecular complexity index is 828. The van der Waals surface area contributed by atoms with Gasteiger partial charge in [0.15, 0.2) is 11.5 Å². The van der Waals surface area contributed by atoms with Crippen LogP contribution in [-0.2, 0) is 16.0 Å². The highest BCUT2D eigenvalue weighted by Gasteiger charge is 2.48. The van der Waals surface area contributed by atoms with Crippen molar-refractivity contribution in [3.8, 4) is 11.5 Å². The van der Waals surface area contributed by atoms with Crippen LogP contribution in [0.25, 0.3) is 0 Å². The van der Waals surface area contributed by atoms with Crippen molar-refractivity contribution in [1.82, 2.24) is 15.1 Å². The third-order valence-electron chi connectivity index (χ3n) is 5.16. The third-order valence-corrected chi connectivity index (χ3v) is 5.16. The normalized spacial score (nSPS) is 20.3. The molecular formula is C22H31N3O5. The van der Waals surface area contributed by atoms with Crippen LogP contribution in [0.2, 0.25) is 0 Å². The van der Waals surface area contributed by atoms with Gasteiger partial charge in [-0.3, -0.25) is 14.5 Å². The van der Waals surface area contributed by atoms with Crippen molar-refractivity contribution >= 4 is 17.8 Å². The Balaban J connectivity index is 1.70. The summed E-state index contributed by atoms with van der Waals surface area (Å²) in [5.41, 5.74) is -0.281. The van der Waals surface area contributed by atoms with E-state index in [0.717, 1.165) is 10.5 Å². The predicted octanol–water partition coefficient (Wildman–Crippen LogP) is 2.41. The number of benzene rings is 1. The molecule has 0 bridgehead atoms. The van der Waals surface area contributed by atoms with Crippen molar-refractivity contribution < 1.29 is 23.9 Å². The molecule has 8 nitrogen and oxygen atoms in total. The van der Waals surface area contributed by atoms with E-state index in [0.29, 0.717) is 42.8 Å². The number of carbonyl (C=O) groups excluding carboxylic acids is 3. The largest absolute Gasteiger partial charge is 0.454 e. The number of ether oxygens (including phenoxy) is 2. The zero-order valence-electron chi connectivity index (χ0n) is 18.4. The third kappa shape index (κ3) is 4.68. The second kappa shape index (κ2) is 8.53. The van der Waals surface area contributed by atoms with Gasteiger partial charge in [-0.1, -0.05) is 33.8 Å². The smallest absolute Gasteiger partial charge is 0.325 e. The van der Waals surface area contributed by atoms with Crippen LogP contribution in [0.5, 0.6) is 11.5 Å². The molecule has 164 valence electrons. The van der Waals surface area contributed by atoms with Crippen molar-refractivity contribution in [2.24, 2.45) is 11.8 Å². The molecule has 30 heavy (non-hydrogen) atoms. The highest BCUT2D eigenvalue weighted by atomic mass is 16.7. The number of imide groups is 1. The van der Waals surface area contributed by atoms with Crippen LogP contribution in [0.4, 0.5) is 4.79 Å². The van der Waals surface area contributed by atoms with Crippen LogP contribution >= 0.6 is 0 Å². The first kappa shape index (κ1) is 21.9. The summed E-state index contributed by atoms with van der Waals surface area (Å²) in [7, 11) is 0. The molecule has 2 aliphatic heterocycles. The Labute approximate surface area is 177 Å². The van der Waals surface area contributed by atoms with Crippen molar-refractivity contribution in [1.29, 1.82) is 0 Å².